The molecule has 0 saturated carbocycles. The summed E-state index contributed by atoms with van der Waals surface area (Å²) in [7, 11) is 0. The predicted molar refractivity (Wildman–Crippen MR) is 88.9 cm³/mol. The molecule has 0 radical (unpaired) electrons. The van der Waals surface area contributed by atoms with E-state index in [1.165, 1.54) is 10.4 Å². The van der Waals surface area contributed by atoms with Crippen molar-refractivity contribution in [1.29, 1.82) is 0 Å². The molecule has 3 aromatic heterocycles. The number of nitrogens with zero attached hydrogens (tertiary/aromatic N) is 2. The molecule has 0 bridgehead atoms. The van der Waals surface area contributed by atoms with Gasteiger partial charge in [-0.2, -0.15) is 0 Å². The minimum Gasteiger partial charge on any atom is -0.467 e. The number of furan rings is 1. The Morgan fingerprint density at radius 1 is 1.39 bits per heavy atom. The third kappa shape index (κ3) is 2.84. The van der Waals surface area contributed by atoms with Gasteiger partial charge in [-0.3, -0.25) is 9.36 Å². The maximum atomic E-state index is 12.7. The van der Waals surface area contributed by atoms with Crippen LogP contribution in [-0.4, -0.2) is 16.2 Å². The summed E-state index contributed by atoms with van der Waals surface area (Å²) in [6.45, 7) is 1.69. The van der Waals surface area contributed by atoms with Gasteiger partial charge in [-0.1, -0.05) is 0 Å². The average molecular weight is 330 g/mol. The molecule has 23 heavy (non-hydrogen) atoms. The highest BCUT2D eigenvalue weighted by Gasteiger charge is 2.21. The van der Waals surface area contributed by atoms with Gasteiger partial charge in [0.1, 0.15) is 17.2 Å². The fraction of sp³-hybridized carbons (Fsp3) is 0.412. The number of fused-ring (bicyclic) bond motifs is 3. The zero-order valence-electron chi connectivity index (χ0n) is 12.8. The van der Waals surface area contributed by atoms with Gasteiger partial charge >= 0.3 is 0 Å². The summed E-state index contributed by atoms with van der Waals surface area (Å²) >= 11 is 1.68. The normalized spacial score (nSPS) is 13.7. The van der Waals surface area contributed by atoms with E-state index in [-0.39, 0.29) is 5.56 Å². The largest absolute Gasteiger partial charge is 0.467 e. The van der Waals surface area contributed by atoms with Gasteiger partial charge in [0, 0.05) is 18.0 Å². The monoisotopic (exact) mass is 330 g/mol. The lowest BCUT2D eigenvalue weighted by atomic mass is 10.2. The van der Waals surface area contributed by atoms with Crippen LogP contribution < -0.4 is 5.56 Å². The van der Waals surface area contributed by atoms with E-state index in [0.717, 1.165) is 41.7 Å². The summed E-state index contributed by atoms with van der Waals surface area (Å²) in [6.07, 6.45) is 7.35. The number of rotatable bonds is 6. The Balaban J connectivity index is 1.41. The van der Waals surface area contributed by atoms with Crippen LogP contribution >= 0.6 is 11.3 Å². The second-order valence-electron chi connectivity index (χ2n) is 5.77. The van der Waals surface area contributed by atoms with E-state index >= 15 is 0 Å². The number of hydrogen-bond acceptors (Lipinski definition) is 5. The van der Waals surface area contributed by atoms with Crippen LogP contribution in [0.3, 0.4) is 0 Å². The number of ether oxygens (including phenoxy) is 1. The Morgan fingerprint density at radius 3 is 3.22 bits per heavy atom. The van der Waals surface area contributed by atoms with Gasteiger partial charge in [0.15, 0.2) is 0 Å². The van der Waals surface area contributed by atoms with Gasteiger partial charge in [-0.25, -0.2) is 4.98 Å². The number of aryl methyl sites for hydroxylation is 3. The Morgan fingerprint density at radius 2 is 2.35 bits per heavy atom. The molecule has 0 N–H and O–H groups in total. The topological polar surface area (TPSA) is 57.3 Å². The van der Waals surface area contributed by atoms with Crippen LogP contribution in [-0.2, 0) is 30.7 Å². The summed E-state index contributed by atoms with van der Waals surface area (Å²) < 4.78 is 12.5. The first-order valence-corrected chi connectivity index (χ1v) is 8.74. The summed E-state index contributed by atoms with van der Waals surface area (Å²) in [5.41, 5.74) is 1.34. The average Bonchev–Trinajstić information content (AvgIpc) is 3.25. The Labute approximate surface area is 137 Å². The molecule has 1 aliphatic carbocycles. The first-order valence-electron chi connectivity index (χ1n) is 7.93. The molecule has 1 aliphatic rings. The van der Waals surface area contributed by atoms with Crippen LogP contribution in [0.15, 0.2) is 33.9 Å². The van der Waals surface area contributed by atoms with Crippen molar-refractivity contribution in [3.05, 3.63) is 51.3 Å². The zero-order valence-corrected chi connectivity index (χ0v) is 13.6. The second kappa shape index (κ2) is 6.29. The fourth-order valence-corrected chi connectivity index (χ4v) is 4.30. The van der Waals surface area contributed by atoms with Gasteiger partial charge in [-0.15, -0.1) is 11.3 Å². The highest BCUT2D eigenvalue weighted by molar-refractivity contribution is 7.18. The van der Waals surface area contributed by atoms with Gasteiger partial charge in [0.2, 0.25) is 0 Å². The van der Waals surface area contributed by atoms with Crippen LogP contribution in [0, 0.1) is 0 Å². The Bertz CT molecular complexity index is 864. The maximum absolute atomic E-state index is 12.7. The first-order chi connectivity index (χ1) is 11.3. The fourth-order valence-electron chi connectivity index (χ4n) is 3.08. The lowest BCUT2D eigenvalue weighted by Gasteiger charge is -2.06. The molecule has 0 amide bonds. The molecule has 0 saturated heterocycles. The molecule has 120 valence electrons. The molecule has 0 aliphatic heterocycles. The quantitative estimate of drug-likeness (QED) is 0.652. The minimum absolute atomic E-state index is 0.0976. The number of hydrogen-bond donors (Lipinski definition) is 0. The molecule has 6 heteroatoms. The summed E-state index contributed by atoms with van der Waals surface area (Å²) in [5.74, 6) is 0.819. The SMILES string of the molecule is O=c1c2c3c(sc2ncn1CCCOCc1ccco1)CCC3. The summed E-state index contributed by atoms with van der Waals surface area (Å²) in [4.78, 5) is 19.4. The van der Waals surface area contributed by atoms with Crippen molar-refractivity contribution in [3.63, 3.8) is 0 Å². The molecular weight excluding hydrogens is 312 g/mol. The van der Waals surface area contributed by atoms with Gasteiger partial charge in [0.25, 0.3) is 5.56 Å². The summed E-state index contributed by atoms with van der Waals surface area (Å²) in [6, 6.07) is 3.73. The Kier molecular flexibility index (Phi) is 4.01. The van der Waals surface area contributed by atoms with Gasteiger partial charge in [0.05, 0.1) is 18.0 Å². The zero-order chi connectivity index (χ0) is 15.6. The molecule has 0 fully saturated rings. The predicted octanol–water partition coefficient (Wildman–Crippen LogP) is 3.15. The molecular formula is C17H18N2O3S. The van der Waals surface area contributed by atoms with E-state index in [1.807, 2.05) is 12.1 Å². The van der Waals surface area contributed by atoms with Crippen LogP contribution in [0.1, 0.15) is 29.0 Å². The molecule has 3 aromatic rings. The smallest absolute Gasteiger partial charge is 0.262 e. The van der Waals surface area contributed by atoms with E-state index in [9.17, 15) is 4.79 Å². The molecule has 0 spiro atoms. The summed E-state index contributed by atoms with van der Waals surface area (Å²) in [5, 5.41) is 0.849. The maximum Gasteiger partial charge on any atom is 0.262 e. The number of thiophene rings is 1. The lowest BCUT2D eigenvalue weighted by molar-refractivity contribution is 0.101. The van der Waals surface area contributed by atoms with Crippen LogP contribution in [0.2, 0.25) is 0 Å². The van der Waals surface area contributed by atoms with E-state index in [2.05, 4.69) is 4.98 Å². The third-order valence-electron chi connectivity index (χ3n) is 4.20. The van der Waals surface area contributed by atoms with Crippen LogP contribution in [0.4, 0.5) is 0 Å². The van der Waals surface area contributed by atoms with Crippen LogP contribution in [0.5, 0.6) is 0 Å². The van der Waals surface area contributed by atoms with E-state index in [4.69, 9.17) is 9.15 Å². The lowest BCUT2D eigenvalue weighted by Crippen LogP contribution is -2.21. The standard InChI is InChI=1S/C17H18N2O3S/c20-17-15-13-5-1-6-14(13)23-16(15)18-11-19(17)7-3-8-21-10-12-4-2-9-22-12/h2,4,9,11H,1,3,5-8,10H2. The molecule has 0 unspecified atom stereocenters. The molecule has 5 nitrogen and oxygen atoms in total. The molecule has 0 aromatic carbocycles. The molecule has 0 atom stereocenters. The highest BCUT2D eigenvalue weighted by atomic mass is 32.1. The molecule has 3 heterocycles. The van der Waals surface area contributed by atoms with Gasteiger partial charge < -0.3 is 9.15 Å². The minimum atomic E-state index is 0.0976. The van der Waals surface area contributed by atoms with Crippen molar-refractivity contribution >= 4 is 21.6 Å². The van der Waals surface area contributed by atoms with Gasteiger partial charge in [-0.05, 0) is 43.4 Å². The van der Waals surface area contributed by atoms with Crippen molar-refractivity contribution in [2.45, 2.75) is 38.8 Å². The molecule has 4 rings (SSSR count). The van der Waals surface area contributed by atoms with Crippen molar-refractivity contribution in [2.24, 2.45) is 0 Å². The first kappa shape index (κ1) is 14.7. The van der Waals surface area contributed by atoms with Crippen LogP contribution in [0.25, 0.3) is 10.2 Å². The van der Waals surface area contributed by atoms with E-state index < -0.39 is 0 Å². The van der Waals surface area contributed by atoms with Crippen molar-refractivity contribution < 1.29 is 9.15 Å². The van der Waals surface area contributed by atoms with Crippen molar-refractivity contribution in [2.75, 3.05) is 6.61 Å². The third-order valence-corrected chi connectivity index (χ3v) is 5.40. The van der Waals surface area contributed by atoms with E-state index in [1.54, 1.807) is 28.5 Å². The van der Waals surface area contributed by atoms with E-state index in [0.29, 0.717) is 19.8 Å². The Hall–Kier alpha value is -1.92. The second-order valence-corrected chi connectivity index (χ2v) is 6.85. The number of aromatic nitrogens is 2. The highest BCUT2D eigenvalue weighted by Crippen LogP contribution is 2.34. The van der Waals surface area contributed by atoms with Crippen molar-refractivity contribution in [3.8, 4) is 0 Å². The van der Waals surface area contributed by atoms with Crippen molar-refractivity contribution in [1.82, 2.24) is 9.55 Å².